The average Bonchev–Trinajstić information content (AvgIpc) is 2.77. The Labute approximate surface area is 171 Å². The standard InChI is InChI=1S/C25H24N2O2/c1-18-8-6-10-20(16-18)21-12-3-4-13-22(21)25(29)26-17-24(28)27-15-7-11-19-9-2-5-14-23(19)27/h2-6,8-10,12-14,16H,7,11,15,17H2,1H3,(H,26,29). The highest BCUT2D eigenvalue weighted by atomic mass is 16.2. The van der Waals surface area contributed by atoms with Crippen LogP contribution in [-0.2, 0) is 11.2 Å². The van der Waals surface area contributed by atoms with E-state index in [1.807, 2.05) is 61.5 Å². The third kappa shape index (κ3) is 4.06. The topological polar surface area (TPSA) is 49.4 Å². The summed E-state index contributed by atoms with van der Waals surface area (Å²) in [7, 11) is 0. The minimum absolute atomic E-state index is 0.0185. The Kier molecular flexibility index (Phi) is 5.43. The number of carbonyl (C=O) groups is 2. The average molecular weight is 384 g/mol. The normalized spacial score (nSPS) is 12.9. The van der Waals surface area contributed by atoms with Gasteiger partial charge in [0.2, 0.25) is 5.91 Å². The highest BCUT2D eigenvalue weighted by molar-refractivity contribution is 6.04. The van der Waals surface area contributed by atoms with E-state index in [4.69, 9.17) is 0 Å². The lowest BCUT2D eigenvalue weighted by atomic mass is 9.98. The lowest BCUT2D eigenvalue weighted by Gasteiger charge is -2.29. The molecule has 29 heavy (non-hydrogen) atoms. The molecule has 0 saturated carbocycles. The highest BCUT2D eigenvalue weighted by Crippen LogP contribution is 2.27. The molecule has 4 heteroatoms. The van der Waals surface area contributed by atoms with Crippen molar-refractivity contribution in [2.24, 2.45) is 0 Å². The zero-order valence-electron chi connectivity index (χ0n) is 16.5. The van der Waals surface area contributed by atoms with E-state index < -0.39 is 0 Å². The second kappa shape index (κ2) is 8.31. The summed E-state index contributed by atoms with van der Waals surface area (Å²) < 4.78 is 0. The van der Waals surface area contributed by atoms with E-state index >= 15 is 0 Å². The first-order chi connectivity index (χ1) is 14.1. The largest absolute Gasteiger partial charge is 0.343 e. The molecular weight excluding hydrogens is 360 g/mol. The minimum Gasteiger partial charge on any atom is -0.343 e. The van der Waals surface area contributed by atoms with Crippen molar-refractivity contribution in [1.29, 1.82) is 0 Å². The lowest BCUT2D eigenvalue weighted by molar-refractivity contribution is -0.117. The Morgan fingerprint density at radius 2 is 1.76 bits per heavy atom. The van der Waals surface area contributed by atoms with Gasteiger partial charge in [-0.25, -0.2) is 0 Å². The summed E-state index contributed by atoms with van der Waals surface area (Å²) in [5, 5.41) is 2.82. The SMILES string of the molecule is Cc1cccc(-c2ccccc2C(=O)NCC(=O)N2CCCc3ccccc32)c1. The van der Waals surface area contributed by atoms with Crippen LogP contribution in [0.4, 0.5) is 5.69 Å². The molecule has 0 spiro atoms. The van der Waals surface area contributed by atoms with Crippen LogP contribution in [0.25, 0.3) is 11.1 Å². The molecule has 2 amide bonds. The Morgan fingerprint density at radius 3 is 2.62 bits per heavy atom. The molecule has 3 aromatic carbocycles. The molecule has 1 aliphatic rings. The number of para-hydroxylation sites is 1. The molecule has 0 bridgehead atoms. The minimum atomic E-state index is -0.235. The van der Waals surface area contributed by atoms with Gasteiger partial charge in [0.1, 0.15) is 0 Å². The van der Waals surface area contributed by atoms with E-state index in [2.05, 4.69) is 17.4 Å². The van der Waals surface area contributed by atoms with Gasteiger partial charge in [-0.05, 0) is 48.6 Å². The first-order valence-electron chi connectivity index (χ1n) is 9.96. The smallest absolute Gasteiger partial charge is 0.252 e. The Morgan fingerprint density at radius 1 is 0.966 bits per heavy atom. The van der Waals surface area contributed by atoms with Crippen molar-refractivity contribution in [2.45, 2.75) is 19.8 Å². The summed E-state index contributed by atoms with van der Waals surface area (Å²) in [4.78, 5) is 27.5. The number of carbonyl (C=O) groups excluding carboxylic acids is 2. The van der Waals surface area contributed by atoms with Crippen LogP contribution in [-0.4, -0.2) is 24.9 Å². The molecule has 0 aromatic heterocycles. The Bertz CT molecular complexity index is 1060. The fraction of sp³-hybridized carbons (Fsp3) is 0.200. The zero-order chi connectivity index (χ0) is 20.2. The molecule has 0 atom stereocenters. The van der Waals surface area contributed by atoms with Crippen LogP contribution in [0.1, 0.15) is 27.9 Å². The van der Waals surface area contributed by atoms with E-state index in [1.165, 1.54) is 5.56 Å². The summed E-state index contributed by atoms with van der Waals surface area (Å²) in [5.74, 6) is -0.320. The van der Waals surface area contributed by atoms with Crippen LogP contribution in [0.5, 0.6) is 0 Å². The molecule has 0 unspecified atom stereocenters. The number of nitrogens with zero attached hydrogens (tertiary/aromatic N) is 1. The van der Waals surface area contributed by atoms with Crippen LogP contribution in [0.15, 0.2) is 72.8 Å². The van der Waals surface area contributed by atoms with Crippen LogP contribution in [0.3, 0.4) is 0 Å². The van der Waals surface area contributed by atoms with Crippen molar-refractivity contribution in [3.8, 4) is 11.1 Å². The van der Waals surface area contributed by atoms with Gasteiger partial charge in [-0.3, -0.25) is 9.59 Å². The van der Waals surface area contributed by atoms with Gasteiger partial charge in [0.05, 0.1) is 6.54 Å². The molecule has 4 nitrogen and oxygen atoms in total. The second-order valence-corrected chi connectivity index (χ2v) is 7.38. The van der Waals surface area contributed by atoms with E-state index in [0.717, 1.165) is 35.2 Å². The van der Waals surface area contributed by atoms with E-state index in [9.17, 15) is 9.59 Å². The van der Waals surface area contributed by atoms with Gasteiger partial charge < -0.3 is 10.2 Å². The van der Waals surface area contributed by atoms with Gasteiger partial charge >= 0.3 is 0 Å². The van der Waals surface area contributed by atoms with Crippen LogP contribution < -0.4 is 10.2 Å². The van der Waals surface area contributed by atoms with Crippen molar-refractivity contribution in [3.63, 3.8) is 0 Å². The monoisotopic (exact) mass is 384 g/mol. The van der Waals surface area contributed by atoms with Crippen molar-refractivity contribution in [1.82, 2.24) is 5.32 Å². The maximum Gasteiger partial charge on any atom is 0.252 e. The summed E-state index contributed by atoms with van der Waals surface area (Å²) in [6.45, 7) is 2.70. The molecule has 1 aliphatic heterocycles. The third-order valence-electron chi connectivity index (χ3n) is 5.31. The quantitative estimate of drug-likeness (QED) is 0.726. The van der Waals surface area contributed by atoms with Crippen molar-refractivity contribution < 1.29 is 9.59 Å². The van der Waals surface area contributed by atoms with Gasteiger partial charge in [0, 0.05) is 17.8 Å². The number of aryl methyl sites for hydroxylation is 2. The van der Waals surface area contributed by atoms with Crippen LogP contribution >= 0.6 is 0 Å². The third-order valence-corrected chi connectivity index (χ3v) is 5.31. The highest BCUT2D eigenvalue weighted by Gasteiger charge is 2.22. The van der Waals surface area contributed by atoms with Gasteiger partial charge in [0.15, 0.2) is 0 Å². The Hall–Kier alpha value is -3.40. The molecule has 146 valence electrons. The maximum atomic E-state index is 12.9. The molecule has 0 aliphatic carbocycles. The van der Waals surface area contributed by atoms with Crippen LogP contribution in [0, 0.1) is 6.92 Å². The number of rotatable bonds is 4. The van der Waals surface area contributed by atoms with E-state index in [0.29, 0.717) is 12.1 Å². The lowest BCUT2D eigenvalue weighted by Crippen LogP contribution is -2.42. The van der Waals surface area contributed by atoms with Crippen molar-refractivity contribution in [2.75, 3.05) is 18.0 Å². The molecule has 4 rings (SSSR count). The summed E-state index contributed by atoms with van der Waals surface area (Å²) in [6.07, 6.45) is 1.92. The van der Waals surface area contributed by atoms with E-state index in [-0.39, 0.29) is 18.4 Å². The van der Waals surface area contributed by atoms with Crippen LogP contribution in [0.2, 0.25) is 0 Å². The summed E-state index contributed by atoms with van der Waals surface area (Å²) in [6, 6.07) is 23.5. The second-order valence-electron chi connectivity index (χ2n) is 7.38. The molecular formula is C25H24N2O2. The zero-order valence-corrected chi connectivity index (χ0v) is 16.5. The van der Waals surface area contributed by atoms with Gasteiger partial charge in [0.25, 0.3) is 5.91 Å². The molecule has 0 radical (unpaired) electrons. The molecule has 1 heterocycles. The number of hydrogen-bond acceptors (Lipinski definition) is 2. The molecule has 3 aromatic rings. The van der Waals surface area contributed by atoms with Gasteiger partial charge in [-0.1, -0.05) is 66.2 Å². The Balaban J connectivity index is 1.50. The predicted octanol–water partition coefficient (Wildman–Crippen LogP) is 4.37. The fourth-order valence-electron chi connectivity index (χ4n) is 3.88. The molecule has 0 saturated heterocycles. The number of benzene rings is 3. The van der Waals surface area contributed by atoms with E-state index in [1.54, 1.807) is 11.0 Å². The maximum absolute atomic E-state index is 12.9. The summed E-state index contributed by atoms with van der Waals surface area (Å²) in [5.41, 5.74) is 5.71. The summed E-state index contributed by atoms with van der Waals surface area (Å²) >= 11 is 0. The molecule has 1 N–H and O–H groups in total. The first kappa shape index (κ1) is 18.9. The molecule has 0 fully saturated rings. The first-order valence-corrected chi connectivity index (χ1v) is 9.96. The van der Waals surface area contributed by atoms with Gasteiger partial charge in [-0.15, -0.1) is 0 Å². The van der Waals surface area contributed by atoms with Crippen molar-refractivity contribution in [3.05, 3.63) is 89.5 Å². The van der Waals surface area contributed by atoms with Crippen molar-refractivity contribution >= 4 is 17.5 Å². The number of anilines is 1. The number of hydrogen-bond donors (Lipinski definition) is 1. The fourth-order valence-corrected chi connectivity index (χ4v) is 3.88. The number of nitrogens with one attached hydrogen (secondary N) is 1. The predicted molar refractivity (Wildman–Crippen MR) is 116 cm³/mol. The van der Waals surface area contributed by atoms with Gasteiger partial charge in [-0.2, -0.15) is 0 Å². The number of fused-ring (bicyclic) bond motifs is 1. The number of amides is 2.